The van der Waals surface area contributed by atoms with Gasteiger partial charge in [0, 0.05) is 23.0 Å². The predicted molar refractivity (Wildman–Crippen MR) is 87.7 cm³/mol. The molecule has 0 amide bonds. The monoisotopic (exact) mass is 353 g/mol. The highest BCUT2D eigenvalue weighted by atomic mass is 79.9. The van der Waals surface area contributed by atoms with Crippen LogP contribution in [0.5, 0.6) is 5.75 Å². The van der Waals surface area contributed by atoms with Gasteiger partial charge >= 0.3 is 0 Å². The molecule has 0 saturated heterocycles. The lowest BCUT2D eigenvalue weighted by Crippen LogP contribution is -2.53. The highest BCUT2D eigenvalue weighted by Crippen LogP contribution is 2.33. The summed E-state index contributed by atoms with van der Waals surface area (Å²) in [6.07, 6.45) is 5.65. The zero-order chi connectivity index (χ0) is 14.9. The zero-order valence-corrected chi connectivity index (χ0v) is 14.2. The van der Waals surface area contributed by atoms with Crippen molar-refractivity contribution >= 4 is 15.9 Å². The first-order valence-corrected chi connectivity index (χ1v) is 8.70. The van der Waals surface area contributed by atoms with Gasteiger partial charge in [0.2, 0.25) is 0 Å². The summed E-state index contributed by atoms with van der Waals surface area (Å²) in [7, 11) is 0. The van der Waals surface area contributed by atoms with Crippen LogP contribution in [0, 0.1) is 5.92 Å². The first-order chi connectivity index (χ1) is 10.1. The van der Waals surface area contributed by atoms with E-state index in [2.05, 4.69) is 34.2 Å². The summed E-state index contributed by atoms with van der Waals surface area (Å²) in [6.45, 7) is 3.34. The molecule has 0 aromatic heterocycles. The van der Waals surface area contributed by atoms with Crippen molar-refractivity contribution in [1.82, 2.24) is 5.32 Å². The third-order valence-corrected chi connectivity index (χ3v) is 5.50. The van der Waals surface area contributed by atoms with E-state index in [0.29, 0.717) is 0 Å². The summed E-state index contributed by atoms with van der Waals surface area (Å²) >= 11 is 3.51. The Morgan fingerprint density at radius 1 is 1.38 bits per heavy atom. The number of benzene rings is 1. The summed E-state index contributed by atoms with van der Waals surface area (Å²) in [4.78, 5) is 0. The topological polar surface area (TPSA) is 41.5 Å². The summed E-state index contributed by atoms with van der Waals surface area (Å²) in [5, 5.41) is 13.4. The average molecular weight is 354 g/mol. The van der Waals surface area contributed by atoms with Crippen LogP contribution < -0.4 is 10.1 Å². The third kappa shape index (κ3) is 3.43. The van der Waals surface area contributed by atoms with Gasteiger partial charge in [-0.15, -0.1) is 0 Å². The van der Waals surface area contributed by atoms with E-state index in [9.17, 15) is 5.11 Å². The van der Waals surface area contributed by atoms with Gasteiger partial charge < -0.3 is 15.2 Å². The highest BCUT2D eigenvalue weighted by molar-refractivity contribution is 9.10. The van der Waals surface area contributed by atoms with E-state index < -0.39 is 0 Å². The molecule has 1 atom stereocenters. The molecule has 0 spiro atoms. The number of nitrogens with one attached hydrogen (secondary N) is 1. The molecule has 3 rings (SSSR count). The summed E-state index contributed by atoms with van der Waals surface area (Å²) < 4.78 is 7.10. The maximum Gasteiger partial charge on any atom is 0.123 e. The molecule has 2 N–H and O–H groups in total. The van der Waals surface area contributed by atoms with Crippen LogP contribution in [-0.4, -0.2) is 29.9 Å². The first-order valence-electron chi connectivity index (χ1n) is 7.91. The van der Waals surface area contributed by atoms with Crippen molar-refractivity contribution in [3.8, 4) is 5.75 Å². The second-order valence-corrected chi connectivity index (χ2v) is 7.61. The molecule has 3 nitrogen and oxygen atoms in total. The highest BCUT2D eigenvalue weighted by Gasteiger charge is 2.34. The van der Waals surface area contributed by atoms with Gasteiger partial charge in [-0.05, 0) is 55.4 Å². The zero-order valence-electron chi connectivity index (χ0n) is 12.6. The van der Waals surface area contributed by atoms with Crippen LogP contribution in [0.3, 0.4) is 0 Å². The van der Waals surface area contributed by atoms with Crippen molar-refractivity contribution in [2.45, 2.75) is 50.7 Å². The lowest BCUT2D eigenvalue weighted by atomic mass is 9.77. The minimum absolute atomic E-state index is 0.0920. The number of hydrogen-bond acceptors (Lipinski definition) is 3. The molecule has 1 aliphatic carbocycles. The second-order valence-electron chi connectivity index (χ2n) is 6.70. The Hall–Kier alpha value is -0.580. The van der Waals surface area contributed by atoms with Crippen LogP contribution in [0.25, 0.3) is 0 Å². The quantitative estimate of drug-likeness (QED) is 0.872. The van der Waals surface area contributed by atoms with Crippen LogP contribution >= 0.6 is 15.9 Å². The molecule has 21 heavy (non-hydrogen) atoms. The minimum Gasteiger partial charge on any atom is -0.488 e. The molecule has 1 unspecified atom stereocenters. The van der Waals surface area contributed by atoms with Gasteiger partial charge in [0.25, 0.3) is 0 Å². The van der Waals surface area contributed by atoms with Crippen molar-refractivity contribution in [3.05, 3.63) is 28.2 Å². The Labute approximate surface area is 135 Å². The summed E-state index contributed by atoms with van der Waals surface area (Å²) in [5.41, 5.74) is 1.18. The lowest BCUT2D eigenvalue weighted by Gasteiger charge is -2.39. The van der Waals surface area contributed by atoms with Crippen LogP contribution in [0.15, 0.2) is 22.7 Å². The molecular formula is C17H24BrNO2. The van der Waals surface area contributed by atoms with Gasteiger partial charge in [-0.3, -0.25) is 0 Å². The van der Waals surface area contributed by atoms with Crippen molar-refractivity contribution in [1.29, 1.82) is 0 Å². The Morgan fingerprint density at radius 2 is 2.14 bits per heavy atom. The van der Waals surface area contributed by atoms with E-state index in [1.54, 1.807) is 0 Å². The lowest BCUT2D eigenvalue weighted by molar-refractivity contribution is 0.0926. The number of ether oxygens (including phenoxy) is 1. The molecule has 4 heteroatoms. The van der Waals surface area contributed by atoms with E-state index in [0.717, 1.165) is 41.9 Å². The Bertz CT molecular complexity index is 498. The number of fused-ring (bicyclic) bond motifs is 1. The van der Waals surface area contributed by atoms with E-state index in [1.165, 1.54) is 18.4 Å². The van der Waals surface area contributed by atoms with Crippen LogP contribution in [0.2, 0.25) is 0 Å². The molecule has 116 valence electrons. The maximum atomic E-state index is 9.80. The number of hydrogen-bond donors (Lipinski definition) is 2. The second kappa shape index (κ2) is 6.27. The van der Waals surface area contributed by atoms with Crippen LogP contribution in [-0.2, 0) is 6.42 Å². The molecule has 1 aromatic rings. The molecule has 1 aliphatic heterocycles. The number of rotatable bonds is 4. The first kappa shape index (κ1) is 15.3. The number of aliphatic hydroxyl groups excluding tert-OH is 1. The summed E-state index contributed by atoms with van der Waals surface area (Å²) in [5.74, 6) is 1.79. The fraction of sp³-hybridized carbons (Fsp3) is 0.647. The van der Waals surface area contributed by atoms with E-state index in [1.807, 2.05) is 12.1 Å². The van der Waals surface area contributed by atoms with Gasteiger partial charge in [-0.25, -0.2) is 0 Å². The molecule has 1 fully saturated rings. The van der Waals surface area contributed by atoms with E-state index in [-0.39, 0.29) is 18.2 Å². The fourth-order valence-corrected chi connectivity index (χ4v) is 3.85. The normalized spacial score (nSPS) is 31.8. The molecule has 1 heterocycles. The van der Waals surface area contributed by atoms with E-state index >= 15 is 0 Å². The SMILES string of the molecule is CC1CCC(CO)(NCC2Cc3cc(Br)ccc3O2)CC1. The van der Waals surface area contributed by atoms with Crippen LogP contribution in [0.4, 0.5) is 0 Å². The van der Waals surface area contributed by atoms with Crippen molar-refractivity contribution < 1.29 is 9.84 Å². The number of aliphatic hydroxyl groups is 1. The predicted octanol–water partition coefficient (Wildman–Crippen LogP) is 3.28. The number of halogens is 1. The molecular weight excluding hydrogens is 330 g/mol. The molecule has 1 saturated carbocycles. The smallest absolute Gasteiger partial charge is 0.123 e. The van der Waals surface area contributed by atoms with Gasteiger partial charge in [-0.1, -0.05) is 22.9 Å². The fourth-order valence-electron chi connectivity index (χ4n) is 3.44. The molecule has 1 aromatic carbocycles. The average Bonchev–Trinajstić information content (AvgIpc) is 2.89. The molecule has 2 aliphatic rings. The standard InChI is InChI=1S/C17H24BrNO2/c1-12-4-6-17(11-20,7-5-12)19-10-15-9-13-8-14(18)2-3-16(13)21-15/h2-3,8,12,15,19-20H,4-7,9-11H2,1H3. The van der Waals surface area contributed by atoms with Crippen molar-refractivity contribution in [2.75, 3.05) is 13.2 Å². The van der Waals surface area contributed by atoms with Gasteiger partial charge in [0.05, 0.1) is 6.61 Å². The molecule has 0 bridgehead atoms. The van der Waals surface area contributed by atoms with E-state index in [4.69, 9.17) is 4.74 Å². The van der Waals surface area contributed by atoms with Gasteiger partial charge in [-0.2, -0.15) is 0 Å². The van der Waals surface area contributed by atoms with Gasteiger partial charge in [0.15, 0.2) is 0 Å². The van der Waals surface area contributed by atoms with Crippen molar-refractivity contribution in [2.24, 2.45) is 5.92 Å². The minimum atomic E-state index is -0.0920. The van der Waals surface area contributed by atoms with Crippen LogP contribution in [0.1, 0.15) is 38.2 Å². The Morgan fingerprint density at radius 3 is 2.86 bits per heavy atom. The largest absolute Gasteiger partial charge is 0.488 e. The Kier molecular flexibility index (Phi) is 4.57. The van der Waals surface area contributed by atoms with Gasteiger partial charge in [0.1, 0.15) is 11.9 Å². The Balaban J connectivity index is 1.56. The van der Waals surface area contributed by atoms with Crippen molar-refractivity contribution in [3.63, 3.8) is 0 Å². The summed E-state index contributed by atoms with van der Waals surface area (Å²) in [6, 6.07) is 6.19. The maximum absolute atomic E-state index is 9.80. The molecule has 0 radical (unpaired) electrons. The third-order valence-electron chi connectivity index (χ3n) is 5.00.